The van der Waals surface area contributed by atoms with Crippen LogP contribution < -0.4 is 5.73 Å². The second-order valence-electron chi connectivity index (χ2n) is 3.35. The van der Waals surface area contributed by atoms with Crippen molar-refractivity contribution in [2.75, 3.05) is 6.54 Å². The molecular weight excluding hydrogens is 162 g/mol. The Hall–Kier alpha value is -1.15. The number of nitrogens with two attached hydrogens (primary N) is 1. The van der Waals surface area contributed by atoms with Crippen LogP contribution in [-0.2, 0) is 11.2 Å². The van der Waals surface area contributed by atoms with E-state index < -0.39 is 0 Å². The highest BCUT2D eigenvalue weighted by Crippen LogP contribution is 2.11. The molecule has 0 aliphatic rings. The molecule has 0 amide bonds. The van der Waals surface area contributed by atoms with Gasteiger partial charge in [0.05, 0.1) is 6.54 Å². The van der Waals surface area contributed by atoms with Crippen LogP contribution in [-0.4, -0.2) is 12.3 Å². The predicted octanol–water partition coefficient (Wildman–Crippen LogP) is 1.37. The zero-order valence-electron chi connectivity index (χ0n) is 8.13. The lowest BCUT2D eigenvalue weighted by molar-refractivity contribution is -0.117. The topological polar surface area (TPSA) is 43.1 Å². The molecule has 2 N–H and O–H groups in total. The lowest BCUT2D eigenvalue weighted by Crippen LogP contribution is -2.16. The van der Waals surface area contributed by atoms with Crippen molar-refractivity contribution in [1.82, 2.24) is 0 Å². The van der Waals surface area contributed by atoms with E-state index in [1.807, 2.05) is 32.0 Å². The summed E-state index contributed by atoms with van der Waals surface area (Å²) in [6, 6.07) is 6.13. The fourth-order valence-corrected chi connectivity index (χ4v) is 1.28. The summed E-state index contributed by atoms with van der Waals surface area (Å²) in [6.07, 6.45) is 0.462. The van der Waals surface area contributed by atoms with Crippen LogP contribution in [0.25, 0.3) is 0 Å². The van der Waals surface area contributed by atoms with E-state index in [4.69, 9.17) is 5.73 Å². The molecule has 0 bridgehead atoms. The summed E-state index contributed by atoms with van der Waals surface area (Å²) in [6.45, 7) is 4.17. The molecule has 0 radical (unpaired) electrons. The standard InChI is InChI=1S/C11H15NO/c1-8-3-4-9(2)10(5-8)6-11(13)7-12/h3-5H,6-7,12H2,1-2H3. The first kappa shape index (κ1) is 9.93. The van der Waals surface area contributed by atoms with E-state index in [9.17, 15) is 4.79 Å². The van der Waals surface area contributed by atoms with Gasteiger partial charge in [-0.15, -0.1) is 0 Å². The molecule has 0 aliphatic heterocycles. The van der Waals surface area contributed by atoms with Crippen molar-refractivity contribution in [3.05, 3.63) is 34.9 Å². The molecule has 0 atom stereocenters. The van der Waals surface area contributed by atoms with Crippen LogP contribution >= 0.6 is 0 Å². The number of carbonyl (C=O) groups is 1. The fraction of sp³-hybridized carbons (Fsp3) is 0.364. The van der Waals surface area contributed by atoms with E-state index in [2.05, 4.69) is 0 Å². The SMILES string of the molecule is Cc1ccc(C)c(CC(=O)CN)c1. The second kappa shape index (κ2) is 4.19. The highest BCUT2D eigenvalue weighted by atomic mass is 16.1. The van der Waals surface area contributed by atoms with Gasteiger partial charge >= 0.3 is 0 Å². The van der Waals surface area contributed by atoms with Crippen molar-refractivity contribution >= 4 is 5.78 Å². The molecule has 0 saturated carbocycles. The van der Waals surface area contributed by atoms with Gasteiger partial charge in [0.15, 0.2) is 5.78 Å². The van der Waals surface area contributed by atoms with Crippen molar-refractivity contribution in [1.29, 1.82) is 0 Å². The maximum absolute atomic E-state index is 11.1. The Labute approximate surface area is 78.8 Å². The quantitative estimate of drug-likeness (QED) is 0.757. The van der Waals surface area contributed by atoms with Crippen molar-refractivity contribution in [3.63, 3.8) is 0 Å². The molecule has 2 nitrogen and oxygen atoms in total. The second-order valence-corrected chi connectivity index (χ2v) is 3.35. The van der Waals surface area contributed by atoms with E-state index >= 15 is 0 Å². The van der Waals surface area contributed by atoms with Crippen LogP contribution in [0.15, 0.2) is 18.2 Å². The molecule has 2 heteroatoms. The average Bonchev–Trinajstić information content (AvgIpc) is 2.11. The minimum absolute atomic E-state index is 0.0914. The monoisotopic (exact) mass is 177 g/mol. The molecule has 1 aromatic rings. The Morgan fingerprint density at radius 2 is 2.08 bits per heavy atom. The Kier molecular flexibility index (Phi) is 3.20. The van der Waals surface area contributed by atoms with Crippen LogP contribution in [0.1, 0.15) is 16.7 Å². The van der Waals surface area contributed by atoms with Gasteiger partial charge in [0.25, 0.3) is 0 Å². The summed E-state index contributed by atoms with van der Waals surface area (Å²) in [5.41, 5.74) is 8.70. The number of ketones is 1. The number of hydrogen-bond donors (Lipinski definition) is 1. The molecule has 1 rings (SSSR count). The number of hydrogen-bond acceptors (Lipinski definition) is 2. The summed E-state index contributed by atoms with van der Waals surface area (Å²) in [4.78, 5) is 11.1. The van der Waals surface area contributed by atoms with Gasteiger partial charge in [0, 0.05) is 6.42 Å². The highest BCUT2D eigenvalue weighted by Gasteiger charge is 2.03. The summed E-state index contributed by atoms with van der Waals surface area (Å²) in [5, 5.41) is 0. The first-order valence-corrected chi connectivity index (χ1v) is 4.41. The Morgan fingerprint density at radius 3 is 2.69 bits per heavy atom. The molecule has 0 fully saturated rings. The third kappa shape index (κ3) is 2.67. The number of aryl methyl sites for hydroxylation is 2. The first-order chi connectivity index (χ1) is 6.13. The number of Topliss-reactive ketones (excluding diaryl/α,β-unsaturated/α-hetero) is 1. The van der Waals surface area contributed by atoms with E-state index in [1.54, 1.807) is 0 Å². The van der Waals surface area contributed by atoms with Crippen molar-refractivity contribution < 1.29 is 4.79 Å². The molecule has 0 heterocycles. The minimum atomic E-state index is 0.0914. The molecule has 13 heavy (non-hydrogen) atoms. The molecule has 0 unspecified atom stereocenters. The van der Waals surface area contributed by atoms with Crippen LogP contribution in [0, 0.1) is 13.8 Å². The lowest BCUT2D eigenvalue weighted by atomic mass is 10.0. The summed E-state index contributed by atoms with van der Waals surface area (Å²) in [7, 11) is 0. The van der Waals surface area contributed by atoms with E-state index in [0.29, 0.717) is 6.42 Å². The number of carbonyl (C=O) groups excluding carboxylic acids is 1. The van der Waals surface area contributed by atoms with Crippen LogP contribution in [0.2, 0.25) is 0 Å². The lowest BCUT2D eigenvalue weighted by Gasteiger charge is -2.05. The molecule has 0 spiro atoms. The zero-order chi connectivity index (χ0) is 9.84. The smallest absolute Gasteiger partial charge is 0.150 e. The Morgan fingerprint density at radius 1 is 1.38 bits per heavy atom. The van der Waals surface area contributed by atoms with Crippen molar-refractivity contribution in [2.24, 2.45) is 5.73 Å². The van der Waals surface area contributed by atoms with Gasteiger partial charge in [0.2, 0.25) is 0 Å². The normalized spacial score (nSPS) is 10.1. The Bertz CT molecular complexity index is 318. The largest absolute Gasteiger partial charge is 0.324 e. The minimum Gasteiger partial charge on any atom is -0.324 e. The predicted molar refractivity (Wildman–Crippen MR) is 53.7 cm³/mol. The van der Waals surface area contributed by atoms with E-state index in [-0.39, 0.29) is 12.3 Å². The molecule has 0 aromatic heterocycles. The van der Waals surface area contributed by atoms with Gasteiger partial charge in [-0.25, -0.2) is 0 Å². The van der Waals surface area contributed by atoms with Crippen LogP contribution in [0.5, 0.6) is 0 Å². The zero-order valence-corrected chi connectivity index (χ0v) is 8.13. The fourth-order valence-electron chi connectivity index (χ4n) is 1.28. The van der Waals surface area contributed by atoms with Gasteiger partial charge in [-0.05, 0) is 25.0 Å². The number of benzene rings is 1. The van der Waals surface area contributed by atoms with Crippen molar-refractivity contribution in [3.8, 4) is 0 Å². The van der Waals surface area contributed by atoms with Crippen LogP contribution in [0.4, 0.5) is 0 Å². The van der Waals surface area contributed by atoms with E-state index in [1.165, 1.54) is 5.56 Å². The van der Waals surface area contributed by atoms with Gasteiger partial charge in [-0.3, -0.25) is 4.79 Å². The maximum Gasteiger partial charge on any atom is 0.150 e. The third-order valence-electron chi connectivity index (χ3n) is 2.12. The van der Waals surface area contributed by atoms with Gasteiger partial charge in [-0.1, -0.05) is 23.8 Å². The van der Waals surface area contributed by atoms with E-state index in [0.717, 1.165) is 11.1 Å². The third-order valence-corrected chi connectivity index (χ3v) is 2.12. The first-order valence-electron chi connectivity index (χ1n) is 4.41. The Balaban J connectivity index is 2.87. The molecular formula is C11H15NO. The average molecular weight is 177 g/mol. The summed E-state index contributed by atoms with van der Waals surface area (Å²) in [5.74, 6) is 0.0914. The highest BCUT2D eigenvalue weighted by molar-refractivity contribution is 5.82. The van der Waals surface area contributed by atoms with Gasteiger partial charge in [0.1, 0.15) is 0 Å². The summed E-state index contributed by atoms with van der Waals surface area (Å²) < 4.78 is 0. The van der Waals surface area contributed by atoms with Gasteiger partial charge in [-0.2, -0.15) is 0 Å². The molecule has 0 aliphatic carbocycles. The molecule has 70 valence electrons. The maximum atomic E-state index is 11.1. The molecule has 1 aromatic carbocycles. The number of rotatable bonds is 3. The molecule has 0 saturated heterocycles. The van der Waals surface area contributed by atoms with Gasteiger partial charge < -0.3 is 5.73 Å². The van der Waals surface area contributed by atoms with Crippen LogP contribution in [0.3, 0.4) is 0 Å². The van der Waals surface area contributed by atoms with Crippen molar-refractivity contribution in [2.45, 2.75) is 20.3 Å². The summed E-state index contributed by atoms with van der Waals surface area (Å²) >= 11 is 0.